The number of thiophene rings is 1. The van der Waals surface area contributed by atoms with Crippen LogP contribution < -0.4 is 14.4 Å². The number of benzene rings is 1. The van der Waals surface area contributed by atoms with Crippen molar-refractivity contribution in [2.75, 3.05) is 45.3 Å². The van der Waals surface area contributed by atoms with Gasteiger partial charge in [-0.15, -0.1) is 11.3 Å². The van der Waals surface area contributed by atoms with Gasteiger partial charge in [0.25, 0.3) is 10.0 Å². The number of aryl methyl sites for hydroxylation is 1. The van der Waals surface area contributed by atoms with Gasteiger partial charge in [-0.2, -0.15) is 4.98 Å². The molecule has 5 rings (SSSR count). The minimum Gasteiger partial charge on any atom is -0.494 e. The number of nitrogens with zero attached hydrogens (tertiary/aromatic N) is 4. The van der Waals surface area contributed by atoms with Crippen LogP contribution in [0.5, 0.6) is 5.75 Å². The number of hydrogen-bond donors (Lipinski definition) is 1. The summed E-state index contributed by atoms with van der Waals surface area (Å²) in [5, 5.41) is 5.32. The molecule has 3 aromatic rings. The summed E-state index contributed by atoms with van der Waals surface area (Å²) < 4.78 is 49.3. The SMILES string of the molecule is COC(=O)c1csc(S(=O)(=O)NC2CCN(CC3CN(c4ccc(-c5noc(C)n5)cc4)C(=O)O3)CC2)c1OC. The van der Waals surface area contributed by atoms with E-state index in [2.05, 4.69) is 19.8 Å². The molecule has 1 N–H and O–H groups in total. The lowest BCUT2D eigenvalue weighted by molar-refractivity contribution is 0.0597. The Bertz CT molecular complexity index is 1480. The quantitative estimate of drug-likeness (QED) is 0.365. The first-order valence-corrected chi connectivity index (χ1v) is 14.9. The monoisotopic (exact) mass is 591 g/mol. The van der Waals surface area contributed by atoms with Gasteiger partial charge in [0, 0.05) is 36.1 Å². The first-order valence-electron chi connectivity index (χ1n) is 12.6. The number of hydrogen-bond acceptors (Lipinski definition) is 12. The third-order valence-electron chi connectivity index (χ3n) is 6.78. The summed E-state index contributed by atoms with van der Waals surface area (Å²) in [5.41, 5.74) is 1.57. The molecular weight excluding hydrogens is 562 g/mol. The van der Waals surface area contributed by atoms with Gasteiger partial charge in [-0.05, 0) is 50.2 Å². The number of sulfonamides is 1. The Labute approximate surface area is 235 Å². The van der Waals surface area contributed by atoms with Gasteiger partial charge in [0.05, 0.1) is 20.8 Å². The third-order valence-corrected chi connectivity index (χ3v) is 9.79. The summed E-state index contributed by atoms with van der Waals surface area (Å²) in [4.78, 5) is 32.5. The Morgan fingerprint density at radius 1 is 1.20 bits per heavy atom. The first-order chi connectivity index (χ1) is 19.2. The van der Waals surface area contributed by atoms with Crippen LogP contribution in [0.1, 0.15) is 29.1 Å². The summed E-state index contributed by atoms with van der Waals surface area (Å²) in [5.74, 6) is 0.277. The molecule has 40 heavy (non-hydrogen) atoms. The number of nitrogens with one attached hydrogen (secondary N) is 1. The van der Waals surface area contributed by atoms with Crippen molar-refractivity contribution in [2.24, 2.45) is 0 Å². The van der Waals surface area contributed by atoms with Gasteiger partial charge >= 0.3 is 12.1 Å². The molecule has 0 spiro atoms. The summed E-state index contributed by atoms with van der Waals surface area (Å²) in [6.45, 7) is 3.94. The Morgan fingerprint density at radius 2 is 1.93 bits per heavy atom. The van der Waals surface area contributed by atoms with E-state index < -0.39 is 22.1 Å². The Hall–Kier alpha value is -3.53. The fourth-order valence-corrected chi connectivity index (χ4v) is 7.53. The predicted octanol–water partition coefficient (Wildman–Crippen LogP) is 2.67. The van der Waals surface area contributed by atoms with Gasteiger partial charge < -0.3 is 18.7 Å². The van der Waals surface area contributed by atoms with Gasteiger partial charge in [0.1, 0.15) is 11.7 Å². The molecule has 15 heteroatoms. The predicted molar refractivity (Wildman–Crippen MR) is 144 cm³/mol. The van der Waals surface area contributed by atoms with Crippen LogP contribution in [-0.2, 0) is 19.5 Å². The summed E-state index contributed by atoms with van der Waals surface area (Å²) in [7, 11) is -1.36. The van der Waals surface area contributed by atoms with Crippen molar-refractivity contribution < 1.29 is 36.7 Å². The highest BCUT2D eigenvalue weighted by Crippen LogP contribution is 2.35. The van der Waals surface area contributed by atoms with E-state index in [-0.39, 0.29) is 27.7 Å². The molecule has 1 amide bonds. The second kappa shape index (κ2) is 11.5. The number of methoxy groups -OCH3 is 2. The van der Waals surface area contributed by atoms with Gasteiger partial charge in [-0.1, -0.05) is 5.16 Å². The number of carbonyl (C=O) groups is 2. The van der Waals surface area contributed by atoms with Crippen LogP contribution in [0.4, 0.5) is 10.5 Å². The van der Waals surface area contributed by atoms with Crippen LogP contribution in [0.2, 0.25) is 0 Å². The lowest BCUT2D eigenvalue weighted by Gasteiger charge is -2.33. The molecule has 0 radical (unpaired) electrons. The maximum Gasteiger partial charge on any atom is 0.414 e. The molecule has 1 atom stereocenters. The number of aromatic nitrogens is 2. The van der Waals surface area contributed by atoms with E-state index in [0.29, 0.717) is 56.4 Å². The van der Waals surface area contributed by atoms with E-state index in [1.807, 2.05) is 24.3 Å². The van der Waals surface area contributed by atoms with Crippen molar-refractivity contribution in [3.05, 3.63) is 41.1 Å². The third kappa shape index (κ3) is 5.82. The van der Waals surface area contributed by atoms with Crippen LogP contribution in [0.25, 0.3) is 11.4 Å². The zero-order valence-corrected chi connectivity index (χ0v) is 23.8. The first kappa shape index (κ1) is 28.0. The highest BCUT2D eigenvalue weighted by atomic mass is 32.2. The maximum atomic E-state index is 13.1. The highest BCUT2D eigenvalue weighted by molar-refractivity contribution is 7.91. The molecule has 2 fully saturated rings. The molecule has 2 aromatic heterocycles. The zero-order chi connectivity index (χ0) is 28.4. The van der Waals surface area contributed by atoms with E-state index in [0.717, 1.165) is 16.9 Å². The van der Waals surface area contributed by atoms with Crippen molar-refractivity contribution in [3.8, 4) is 17.1 Å². The van der Waals surface area contributed by atoms with Gasteiger partial charge in [-0.3, -0.25) is 9.80 Å². The number of ether oxygens (including phenoxy) is 3. The van der Waals surface area contributed by atoms with Gasteiger partial charge in [0.2, 0.25) is 11.7 Å². The van der Waals surface area contributed by atoms with E-state index in [1.54, 1.807) is 11.8 Å². The van der Waals surface area contributed by atoms with Crippen molar-refractivity contribution in [1.29, 1.82) is 0 Å². The number of likely N-dealkylation sites (tertiary alicyclic amines) is 1. The fraction of sp³-hybridized carbons (Fsp3) is 0.440. The largest absolute Gasteiger partial charge is 0.494 e. The average molecular weight is 592 g/mol. The molecule has 0 saturated carbocycles. The van der Waals surface area contributed by atoms with Crippen molar-refractivity contribution in [3.63, 3.8) is 0 Å². The molecule has 0 bridgehead atoms. The topological polar surface area (TPSA) is 153 Å². The Kier molecular flexibility index (Phi) is 8.07. The lowest BCUT2D eigenvalue weighted by atomic mass is 10.1. The maximum absolute atomic E-state index is 13.1. The second-order valence-electron chi connectivity index (χ2n) is 9.46. The summed E-state index contributed by atoms with van der Waals surface area (Å²) in [6.07, 6.45) is 0.440. The number of cyclic esters (lactones) is 1. The highest BCUT2D eigenvalue weighted by Gasteiger charge is 2.35. The molecule has 2 saturated heterocycles. The number of rotatable bonds is 9. The van der Waals surface area contributed by atoms with Crippen molar-refractivity contribution in [1.82, 2.24) is 19.8 Å². The van der Waals surface area contributed by atoms with Crippen LogP contribution in [-0.4, -0.2) is 88.1 Å². The number of carbonyl (C=O) groups excluding carboxylic acids is 2. The minimum absolute atomic E-state index is 0.0195. The zero-order valence-electron chi connectivity index (χ0n) is 22.2. The molecule has 2 aliphatic rings. The normalized spacial score (nSPS) is 18.6. The molecule has 4 heterocycles. The Balaban J connectivity index is 1.13. The molecule has 1 aromatic carbocycles. The summed E-state index contributed by atoms with van der Waals surface area (Å²) >= 11 is 0.911. The molecule has 1 unspecified atom stereocenters. The lowest BCUT2D eigenvalue weighted by Crippen LogP contribution is -2.46. The van der Waals surface area contributed by atoms with E-state index in [4.69, 9.17) is 18.7 Å². The van der Waals surface area contributed by atoms with Crippen molar-refractivity contribution in [2.45, 2.75) is 36.1 Å². The molecular formula is C25H29N5O8S2. The van der Waals surface area contributed by atoms with Crippen LogP contribution in [0, 0.1) is 6.92 Å². The minimum atomic E-state index is -3.90. The van der Waals surface area contributed by atoms with E-state index >= 15 is 0 Å². The van der Waals surface area contributed by atoms with Crippen molar-refractivity contribution >= 4 is 39.1 Å². The molecule has 214 valence electrons. The van der Waals surface area contributed by atoms with Crippen LogP contribution >= 0.6 is 11.3 Å². The molecule has 13 nitrogen and oxygen atoms in total. The number of esters is 1. The van der Waals surface area contributed by atoms with Crippen LogP contribution in [0.15, 0.2) is 38.4 Å². The fourth-order valence-electron chi connectivity index (χ4n) is 4.79. The Morgan fingerprint density at radius 3 is 2.55 bits per heavy atom. The van der Waals surface area contributed by atoms with Gasteiger partial charge in [0.15, 0.2) is 9.96 Å². The van der Waals surface area contributed by atoms with E-state index in [1.165, 1.54) is 19.6 Å². The summed E-state index contributed by atoms with van der Waals surface area (Å²) in [6, 6.07) is 7.01. The van der Waals surface area contributed by atoms with Gasteiger partial charge in [-0.25, -0.2) is 22.7 Å². The second-order valence-corrected chi connectivity index (χ2v) is 12.2. The molecule has 2 aliphatic heterocycles. The number of piperidine rings is 1. The van der Waals surface area contributed by atoms with Crippen LogP contribution in [0.3, 0.4) is 0 Å². The number of amides is 1. The average Bonchev–Trinajstić information content (AvgIpc) is 3.67. The molecule has 0 aliphatic carbocycles. The standard InChI is InChI=1S/C25H29N5O8S2/c1-15-26-22(27-38-15)16-4-6-18(7-5-16)30-13-19(37-25(30)32)12-29-10-8-17(9-11-29)28-40(33,34)24-21(35-2)20(14-39-24)23(31)36-3/h4-7,14,17,19,28H,8-13H2,1-3H3. The smallest absolute Gasteiger partial charge is 0.414 e. The van der Waals surface area contributed by atoms with E-state index in [9.17, 15) is 18.0 Å². The number of anilines is 1.